The van der Waals surface area contributed by atoms with Crippen LogP contribution < -0.4 is 11.2 Å². The van der Waals surface area contributed by atoms with Crippen LogP contribution in [0.4, 0.5) is 0 Å². The molecular formula is C23H42N2O5Si2. The summed E-state index contributed by atoms with van der Waals surface area (Å²) in [5, 5.41) is 0. The summed E-state index contributed by atoms with van der Waals surface area (Å²) in [6, 6.07) is 6.35. The van der Waals surface area contributed by atoms with Crippen LogP contribution in [0.15, 0.2) is 22.4 Å². The van der Waals surface area contributed by atoms with Gasteiger partial charge in [0.05, 0.1) is 18.3 Å². The van der Waals surface area contributed by atoms with Gasteiger partial charge in [0.1, 0.15) is 12.3 Å². The Morgan fingerprint density at radius 2 is 1.62 bits per heavy atom. The van der Waals surface area contributed by atoms with Crippen molar-refractivity contribution in [2.24, 2.45) is 0 Å². The van der Waals surface area contributed by atoms with E-state index in [1.54, 1.807) is 0 Å². The fraction of sp³-hybridized carbons (Fsp3) is 0.739. The highest BCUT2D eigenvalue weighted by Gasteiger charge is 2.43. The Morgan fingerprint density at radius 3 is 2.12 bits per heavy atom. The summed E-state index contributed by atoms with van der Waals surface area (Å²) in [7, 11) is -3.67. The van der Waals surface area contributed by atoms with E-state index in [-0.39, 0.29) is 12.2 Å². The SMILES string of the molecule is C=Cc1cn(C2CC(O[Si](CC)(CC)CC)C(CO[Si](CC)(CC)CC)O2)c(=O)[nH]c1=O. The van der Waals surface area contributed by atoms with Gasteiger partial charge in [-0.05, 0) is 36.3 Å². The zero-order valence-electron chi connectivity index (χ0n) is 20.7. The second-order valence-electron chi connectivity index (χ2n) is 8.77. The van der Waals surface area contributed by atoms with E-state index in [9.17, 15) is 9.59 Å². The lowest BCUT2D eigenvalue weighted by molar-refractivity contribution is -0.0407. The fourth-order valence-electron chi connectivity index (χ4n) is 4.64. The van der Waals surface area contributed by atoms with E-state index in [4.69, 9.17) is 13.6 Å². The van der Waals surface area contributed by atoms with Gasteiger partial charge in [-0.1, -0.05) is 54.2 Å². The molecule has 0 amide bonds. The molecule has 9 heteroatoms. The van der Waals surface area contributed by atoms with Crippen LogP contribution in [0.2, 0.25) is 36.3 Å². The second kappa shape index (κ2) is 11.7. The number of rotatable bonds is 13. The number of aromatic amines is 1. The van der Waals surface area contributed by atoms with Crippen molar-refractivity contribution in [1.29, 1.82) is 0 Å². The average molecular weight is 483 g/mol. The lowest BCUT2D eigenvalue weighted by Gasteiger charge is -2.35. The highest BCUT2D eigenvalue weighted by molar-refractivity contribution is 6.74. The molecule has 2 rings (SSSR count). The highest BCUT2D eigenvalue weighted by atomic mass is 28.4. The predicted octanol–water partition coefficient (Wildman–Crippen LogP) is 4.88. The van der Waals surface area contributed by atoms with E-state index in [1.165, 1.54) is 16.8 Å². The van der Waals surface area contributed by atoms with E-state index in [1.807, 2.05) is 0 Å². The van der Waals surface area contributed by atoms with Crippen molar-refractivity contribution in [3.05, 3.63) is 39.2 Å². The lowest BCUT2D eigenvalue weighted by atomic mass is 10.2. The average Bonchev–Trinajstić information content (AvgIpc) is 3.21. The number of hydrogen-bond donors (Lipinski definition) is 1. The van der Waals surface area contributed by atoms with Gasteiger partial charge in [0, 0.05) is 12.6 Å². The van der Waals surface area contributed by atoms with E-state index in [0.717, 1.165) is 36.3 Å². The molecule has 0 bridgehead atoms. The summed E-state index contributed by atoms with van der Waals surface area (Å²) in [6.45, 7) is 17.4. The Bertz CT molecular complexity index is 844. The van der Waals surface area contributed by atoms with Crippen molar-refractivity contribution in [3.8, 4) is 0 Å². The van der Waals surface area contributed by atoms with Crippen molar-refractivity contribution in [1.82, 2.24) is 9.55 Å². The minimum atomic E-state index is -1.88. The predicted molar refractivity (Wildman–Crippen MR) is 135 cm³/mol. The van der Waals surface area contributed by atoms with Gasteiger partial charge in [0.25, 0.3) is 5.56 Å². The molecule has 32 heavy (non-hydrogen) atoms. The molecule has 1 aromatic heterocycles. The quantitative estimate of drug-likeness (QED) is 0.405. The Morgan fingerprint density at radius 1 is 1.06 bits per heavy atom. The van der Waals surface area contributed by atoms with Crippen LogP contribution in [0.1, 0.15) is 59.8 Å². The highest BCUT2D eigenvalue weighted by Crippen LogP contribution is 2.36. The second-order valence-corrected chi connectivity index (χ2v) is 18.3. The molecule has 0 aliphatic carbocycles. The smallest absolute Gasteiger partial charge is 0.330 e. The lowest BCUT2D eigenvalue weighted by Crippen LogP contribution is -2.45. The molecule has 1 fully saturated rings. The van der Waals surface area contributed by atoms with E-state index in [0.29, 0.717) is 18.6 Å². The van der Waals surface area contributed by atoms with Gasteiger partial charge in [-0.25, -0.2) is 4.79 Å². The molecule has 2 heterocycles. The third-order valence-electron chi connectivity index (χ3n) is 7.53. The summed E-state index contributed by atoms with van der Waals surface area (Å²) < 4.78 is 21.3. The third kappa shape index (κ3) is 5.80. The van der Waals surface area contributed by atoms with Crippen molar-refractivity contribution >= 4 is 22.7 Å². The van der Waals surface area contributed by atoms with Crippen LogP contribution in [0.25, 0.3) is 6.08 Å². The van der Waals surface area contributed by atoms with Gasteiger partial charge in [-0.15, -0.1) is 0 Å². The fourth-order valence-corrected chi connectivity index (χ4v) is 10.2. The van der Waals surface area contributed by atoms with Crippen molar-refractivity contribution in [2.45, 2.75) is 103 Å². The van der Waals surface area contributed by atoms with Crippen molar-refractivity contribution in [2.75, 3.05) is 6.61 Å². The van der Waals surface area contributed by atoms with Crippen LogP contribution in [0, 0.1) is 0 Å². The summed E-state index contributed by atoms with van der Waals surface area (Å²) in [6.07, 6.45) is 2.67. The van der Waals surface area contributed by atoms with Crippen LogP contribution in [0.3, 0.4) is 0 Å². The Balaban J connectivity index is 2.35. The topological polar surface area (TPSA) is 82.6 Å². The van der Waals surface area contributed by atoms with Gasteiger partial charge in [-0.3, -0.25) is 14.3 Å². The standard InChI is InChI=1S/C23H42N2O5Si2/c1-8-18-16-25(23(27)24-22(18)26)21-15-19(30-32(12-5,13-6)14-7)20(29-21)17-28-31(9-2,10-3)11-4/h8,16,19-21H,1,9-15,17H2,2-7H3,(H,24,26,27). The number of hydrogen-bond acceptors (Lipinski definition) is 5. The minimum Gasteiger partial charge on any atom is -0.414 e. The number of nitrogens with one attached hydrogen (secondary N) is 1. The molecule has 1 aromatic rings. The molecule has 0 saturated carbocycles. The van der Waals surface area contributed by atoms with Gasteiger partial charge in [0.15, 0.2) is 16.6 Å². The number of aromatic nitrogens is 2. The maximum absolute atomic E-state index is 12.6. The van der Waals surface area contributed by atoms with Crippen molar-refractivity contribution < 1.29 is 13.6 Å². The van der Waals surface area contributed by atoms with Gasteiger partial charge >= 0.3 is 5.69 Å². The number of ether oxygens (including phenoxy) is 1. The molecule has 1 aliphatic rings. The first-order chi connectivity index (χ1) is 15.3. The van der Waals surface area contributed by atoms with E-state index < -0.39 is 34.1 Å². The van der Waals surface area contributed by atoms with E-state index >= 15 is 0 Å². The zero-order valence-corrected chi connectivity index (χ0v) is 22.7. The van der Waals surface area contributed by atoms with Crippen LogP contribution >= 0.6 is 0 Å². The Hall–Kier alpha value is -1.27. The maximum Gasteiger partial charge on any atom is 0.330 e. The first-order valence-electron chi connectivity index (χ1n) is 12.2. The maximum atomic E-state index is 12.6. The first-order valence-corrected chi connectivity index (χ1v) is 17.3. The Labute approximate surface area is 194 Å². The molecule has 1 saturated heterocycles. The first kappa shape index (κ1) is 27.0. The Kier molecular flexibility index (Phi) is 9.90. The summed E-state index contributed by atoms with van der Waals surface area (Å²) in [4.78, 5) is 26.9. The van der Waals surface area contributed by atoms with Gasteiger partial charge in [-0.2, -0.15) is 0 Å². The van der Waals surface area contributed by atoms with E-state index in [2.05, 4.69) is 53.1 Å². The normalized spacial score (nSPS) is 21.8. The van der Waals surface area contributed by atoms with Crippen LogP contribution in [0.5, 0.6) is 0 Å². The molecule has 1 N–H and O–H groups in total. The van der Waals surface area contributed by atoms with Crippen LogP contribution in [-0.4, -0.2) is 45.0 Å². The molecule has 182 valence electrons. The largest absolute Gasteiger partial charge is 0.414 e. The summed E-state index contributed by atoms with van der Waals surface area (Å²) in [5.74, 6) is 0. The molecule has 3 atom stereocenters. The third-order valence-corrected chi connectivity index (χ3v) is 16.8. The van der Waals surface area contributed by atoms with Gasteiger partial charge < -0.3 is 13.6 Å². The van der Waals surface area contributed by atoms with Gasteiger partial charge in [0.2, 0.25) is 0 Å². The molecule has 0 radical (unpaired) electrons. The minimum absolute atomic E-state index is 0.130. The summed E-state index contributed by atoms with van der Waals surface area (Å²) in [5.41, 5.74) is -0.569. The summed E-state index contributed by atoms with van der Waals surface area (Å²) >= 11 is 0. The van der Waals surface area contributed by atoms with Crippen molar-refractivity contribution in [3.63, 3.8) is 0 Å². The molecule has 1 aliphatic heterocycles. The zero-order chi connectivity index (χ0) is 23.9. The molecule has 7 nitrogen and oxygen atoms in total. The van der Waals surface area contributed by atoms with Crippen LogP contribution in [-0.2, 0) is 13.6 Å². The molecule has 0 spiro atoms. The monoisotopic (exact) mass is 482 g/mol. The number of H-pyrrole nitrogens is 1. The molecule has 0 aromatic carbocycles. The number of nitrogens with zero attached hydrogens (tertiary/aromatic N) is 1. The molecular weight excluding hydrogens is 440 g/mol. The molecule has 3 unspecified atom stereocenters.